The van der Waals surface area contributed by atoms with Crippen LogP contribution < -0.4 is 5.73 Å². The molecule has 1 aliphatic rings. The largest absolute Gasteiger partial charge is 0.330 e. The SMILES string of the molecule is NCCCc1csc(CCN2CCCCC2)n1. The van der Waals surface area contributed by atoms with Crippen LogP contribution in [0.1, 0.15) is 36.4 Å². The highest BCUT2D eigenvalue weighted by molar-refractivity contribution is 7.09. The number of rotatable bonds is 6. The molecule has 0 atom stereocenters. The van der Waals surface area contributed by atoms with Crippen LogP contribution in [0.2, 0.25) is 0 Å². The van der Waals surface area contributed by atoms with Crippen molar-refractivity contribution in [3.8, 4) is 0 Å². The van der Waals surface area contributed by atoms with E-state index in [0.29, 0.717) is 0 Å². The predicted molar refractivity (Wildman–Crippen MR) is 73.5 cm³/mol. The van der Waals surface area contributed by atoms with Crippen LogP contribution in [-0.2, 0) is 12.8 Å². The van der Waals surface area contributed by atoms with E-state index in [1.807, 2.05) is 11.3 Å². The first-order chi connectivity index (χ1) is 8.38. The summed E-state index contributed by atoms with van der Waals surface area (Å²) in [5.74, 6) is 0. The summed E-state index contributed by atoms with van der Waals surface area (Å²) in [5.41, 5.74) is 6.74. The van der Waals surface area contributed by atoms with Gasteiger partial charge in [-0.05, 0) is 45.3 Å². The third-order valence-corrected chi connectivity index (χ3v) is 4.28. The second-order valence-corrected chi connectivity index (χ2v) is 5.72. The molecule has 0 bridgehead atoms. The van der Waals surface area contributed by atoms with E-state index >= 15 is 0 Å². The number of hydrogen-bond acceptors (Lipinski definition) is 4. The van der Waals surface area contributed by atoms with Crippen molar-refractivity contribution in [2.45, 2.75) is 38.5 Å². The highest BCUT2D eigenvalue weighted by atomic mass is 32.1. The Bertz CT molecular complexity index is 318. The van der Waals surface area contributed by atoms with Gasteiger partial charge < -0.3 is 10.6 Å². The third kappa shape index (κ3) is 4.37. The topological polar surface area (TPSA) is 42.1 Å². The monoisotopic (exact) mass is 253 g/mol. The first-order valence-corrected chi connectivity index (χ1v) is 7.62. The summed E-state index contributed by atoms with van der Waals surface area (Å²) in [5, 5.41) is 3.49. The quantitative estimate of drug-likeness (QED) is 0.844. The molecule has 1 saturated heterocycles. The van der Waals surface area contributed by atoms with Gasteiger partial charge in [0, 0.05) is 18.3 Å². The Kier molecular flexibility index (Phi) is 5.42. The summed E-state index contributed by atoms with van der Waals surface area (Å²) in [6.07, 6.45) is 7.37. The van der Waals surface area contributed by atoms with Gasteiger partial charge in [-0.3, -0.25) is 0 Å². The molecule has 0 radical (unpaired) electrons. The van der Waals surface area contributed by atoms with E-state index in [0.717, 1.165) is 25.8 Å². The predicted octanol–water partition coefficient (Wildman–Crippen LogP) is 2.06. The van der Waals surface area contributed by atoms with E-state index in [9.17, 15) is 0 Å². The lowest BCUT2D eigenvalue weighted by atomic mass is 10.1. The highest BCUT2D eigenvalue weighted by Gasteiger charge is 2.10. The molecular weight excluding hydrogens is 230 g/mol. The maximum atomic E-state index is 5.51. The summed E-state index contributed by atoms with van der Waals surface area (Å²) >= 11 is 1.81. The molecule has 1 aromatic heterocycles. The van der Waals surface area contributed by atoms with E-state index in [1.54, 1.807) is 0 Å². The highest BCUT2D eigenvalue weighted by Crippen LogP contribution is 2.14. The summed E-state index contributed by atoms with van der Waals surface area (Å²) in [6.45, 7) is 4.52. The standard InChI is InChI=1S/C13H23N3S/c14-7-4-5-12-11-17-13(15-12)6-10-16-8-2-1-3-9-16/h11H,1-10,14H2. The molecule has 0 aromatic carbocycles. The Morgan fingerprint density at radius 1 is 1.24 bits per heavy atom. The Morgan fingerprint density at radius 2 is 2.06 bits per heavy atom. The van der Waals surface area contributed by atoms with E-state index in [1.165, 1.54) is 49.6 Å². The van der Waals surface area contributed by atoms with Gasteiger partial charge in [-0.2, -0.15) is 0 Å². The second-order valence-electron chi connectivity index (χ2n) is 4.78. The number of aryl methyl sites for hydroxylation is 1. The molecule has 1 aliphatic heterocycles. The number of nitrogens with zero attached hydrogens (tertiary/aromatic N) is 2. The van der Waals surface area contributed by atoms with E-state index in [2.05, 4.69) is 15.3 Å². The molecule has 2 rings (SSSR count). The minimum atomic E-state index is 0.765. The number of piperidine rings is 1. The fourth-order valence-electron chi connectivity index (χ4n) is 2.30. The summed E-state index contributed by atoms with van der Waals surface area (Å²) in [6, 6.07) is 0. The van der Waals surface area contributed by atoms with Gasteiger partial charge in [0.1, 0.15) is 0 Å². The molecule has 2 heterocycles. The molecule has 4 heteroatoms. The van der Waals surface area contributed by atoms with Gasteiger partial charge >= 0.3 is 0 Å². The minimum Gasteiger partial charge on any atom is -0.330 e. The van der Waals surface area contributed by atoms with Crippen molar-refractivity contribution < 1.29 is 0 Å². The van der Waals surface area contributed by atoms with Crippen LogP contribution >= 0.6 is 11.3 Å². The van der Waals surface area contributed by atoms with Gasteiger partial charge in [-0.25, -0.2) is 4.98 Å². The van der Waals surface area contributed by atoms with Crippen LogP contribution in [0.3, 0.4) is 0 Å². The Labute approximate surface area is 108 Å². The van der Waals surface area contributed by atoms with Gasteiger partial charge in [0.2, 0.25) is 0 Å². The summed E-state index contributed by atoms with van der Waals surface area (Å²) in [4.78, 5) is 7.24. The van der Waals surface area contributed by atoms with Gasteiger partial charge in [0.05, 0.1) is 10.7 Å². The fourth-order valence-corrected chi connectivity index (χ4v) is 3.12. The van der Waals surface area contributed by atoms with Crippen molar-refractivity contribution >= 4 is 11.3 Å². The maximum absolute atomic E-state index is 5.51. The molecule has 1 fully saturated rings. The number of nitrogens with two attached hydrogens (primary N) is 1. The first kappa shape index (κ1) is 13.0. The van der Waals surface area contributed by atoms with Crippen molar-refractivity contribution in [3.05, 3.63) is 16.1 Å². The molecule has 0 saturated carbocycles. The Hall–Kier alpha value is -0.450. The molecule has 0 amide bonds. The van der Waals surface area contributed by atoms with Crippen LogP contribution in [0.5, 0.6) is 0 Å². The first-order valence-electron chi connectivity index (χ1n) is 6.74. The van der Waals surface area contributed by atoms with Gasteiger partial charge in [0.15, 0.2) is 0 Å². The Balaban J connectivity index is 1.72. The number of thiazole rings is 1. The fraction of sp³-hybridized carbons (Fsp3) is 0.769. The van der Waals surface area contributed by atoms with Gasteiger partial charge in [-0.1, -0.05) is 6.42 Å². The lowest BCUT2D eigenvalue weighted by Crippen LogP contribution is -2.31. The molecule has 0 unspecified atom stereocenters. The third-order valence-electron chi connectivity index (χ3n) is 3.33. The molecular formula is C13H23N3S. The van der Waals surface area contributed by atoms with Crippen LogP contribution in [-0.4, -0.2) is 36.1 Å². The number of likely N-dealkylation sites (tertiary alicyclic amines) is 1. The summed E-state index contributed by atoms with van der Waals surface area (Å²) in [7, 11) is 0. The van der Waals surface area contributed by atoms with Crippen molar-refractivity contribution in [1.29, 1.82) is 0 Å². The zero-order valence-corrected chi connectivity index (χ0v) is 11.3. The van der Waals surface area contributed by atoms with E-state index < -0.39 is 0 Å². The van der Waals surface area contributed by atoms with Crippen LogP contribution in [0.4, 0.5) is 0 Å². The molecule has 0 spiro atoms. The van der Waals surface area contributed by atoms with Crippen LogP contribution in [0, 0.1) is 0 Å². The van der Waals surface area contributed by atoms with Crippen molar-refractivity contribution in [1.82, 2.24) is 9.88 Å². The maximum Gasteiger partial charge on any atom is 0.0941 e. The smallest absolute Gasteiger partial charge is 0.0941 e. The Morgan fingerprint density at radius 3 is 2.82 bits per heavy atom. The molecule has 0 aliphatic carbocycles. The zero-order valence-electron chi connectivity index (χ0n) is 10.5. The molecule has 1 aromatic rings. The minimum absolute atomic E-state index is 0.765. The lowest BCUT2D eigenvalue weighted by molar-refractivity contribution is 0.231. The van der Waals surface area contributed by atoms with Crippen molar-refractivity contribution in [3.63, 3.8) is 0 Å². The van der Waals surface area contributed by atoms with Crippen LogP contribution in [0.25, 0.3) is 0 Å². The normalized spacial score (nSPS) is 17.5. The average Bonchev–Trinajstić information content (AvgIpc) is 2.83. The summed E-state index contributed by atoms with van der Waals surface area (Å²) < 4.78 is 0. The zero-order chi connectivity index (χ0) is 11.9. The second kappa shape index (κ2) is 7.09. The van der Waals surface area contributed by atoms with Gasteiger partial charge in [0.25, 0.3) is 0 Å². The molecule has 2 N–H and O–H groups in total. The lowest BCUT2D eigenvalue weighted by Gasteiger charge is -2.25. The number of aromatic nitrogens is 1. The molecule has 3 nitrogen and oxygen atoms in total. The van der Waals surface area contributed by atoms with Gasteiger partial charge in [-0.15, -0.1) is 11.3 Å². The average molecular weight is 253 g/mol. The number of hydrogen-bond donors (Lipinski definition) is 1. The van der Waals surface area contributed by atoms with Crippen LogP contribution in [0.15, 0.2) is 5.38 Å². The molecule has 96 valence electrons. The van der Waals surface area contributed by atoms with Crippen molar-refractivity contribution in [2.75, 3.05) is 26.2 Å². The van der Waals surface area contributed by atoms with E-state index in [4.69, 9.17) is 5.73 Å². The molecule has 17 heavy (non-hydrogen) atoms. The van der Waals surface area contributed by atoms with Crippen molar-refractivity contribution in [2.24, 2.45) is 5.73 Å². The van der Waals surface area contributed by atoms with E-state index in [-0.39, 0.29) is 0 Å².